The number of carbonyl (C=O) groups excluding carboxylic acids is 2. The van der Waals surface area contributed by atoms with Gasteiger partial charge in [-0.25, -0.2) is 15.0 Å². The van der Waals surface area contributed by atoms with Crippen LogP contribution in [0.2, 0.25) is 10.0 Å². The van der Waals surface area contributed by atoms with Crippen molar-refractivity contribution in [2.24, 2.45) is 10.8 Å². The van der Waals surface area contributed by atoms with Crippen molar-refractivity contribution in [1.29, 1.82) is 0 Å². The lowest BCUT2D eigenvalue weighted by atomic mass is 10.2. The van der Waals surface area contributed by atoms with Crippen LogP contribution in [-0.4, -0.2) is 24.8 Å². The van der Waals surface area contributed by atoms with Crippen molar-refractivity contribution in [3.05, 3.63) is 57.6 Å². The van der Waals surface area contributed by atoms with Crippen LogP contribution in [0.3, 0.4) is 0 Å². The van der Waals surface area contributed by atoms with Crippen LogP contribution >= 0.6 is 23.2 Å². The zero-order valence-electron chi connectivity index (χ0n) is 13.7. The number of benzene rings is 2. The molecule has 0 saturated heterocycles. The maximum Gasteiger partial charge on any atom is 0.345 e. The molecule has 0 heterocycles. The number of ether oxygens (including phenoxy) is 2. The topological polar surface area (TPSA) is 103 Å². The average molecular weight is 396 g/mol. The first-order valence-electron chi connectivity index (χ1n) is 7.43. The summed E-state index contributed by atoms with van der Waals surface area (Å²) in [6.07, 6.45) is 1.37. The molecule has 26 heavy (non-hydrogen) atoms. The molecule has 0 unspecified atom stereocenters. The summed E-state index contributed by atoms with van der Waals surface area (Å²) >= 11 is 11.8. The number of nitrogens with zero attached hydrogens (tertiary/aromatic N) is 1. The predicted octanol–water partition coefficient (Wildman–Crippen LogP) is 3.61. The third-order valence-electron chi connectivity index (χ3n) is 3.01. The van der Waals surface area contributed by atoms with Gasteiger partial charge in [-0.2, -0.15) is 5.10 Å². The Morgan fingerprint density at radius 2 is 1.96 bits per heavy atom. The Hall–Kier alpha value is -2.77. The summed E-state index contributed by atoms with van der Waals surface area (Å²) in [4.78, 5) is 23.0. The second-order valence-electron chi connectivity index (χ2n) is 4.89. The monoisotopic (exact) mass is 395 g/mol. The summed E-state index contributed by atoms with van der Waals surface area (Å²) in [6.45, 7) is 2.14. The molecule has 136 valence electrons. The van der Waals surface area contributed by atoms with Gasteiger partial charge in [-0.3, -0.25) is 0 Å². The van der Waals surface area contributed by atoms with Gasteiger partial charge in [-0.05, 0) is 48.9 Å². The lowest BCUT2D eigenvalue weighted by molar-refractivity contribution is 0.0728. The van der Waals surface area contributed by atoms with Crippen LogP contribution in [0.15, 0.2) is 41.5 Å². The molecule has 9 heteroatoms. The quantitative estimate of drug-likeness (QED) is 0.337. The van der Waals surface area contributed by atoms with Gasteiger partial charge in [0.1, 0.15) is 0 Å². The number of hydrogen-bond acceptors (Lipinski definition) is 5. The highest BCUT2D eigenvalue weighted by molar-refractivity contribution is 6.36. The van der Waals surface area contributed by atoms with Crippen molar-refractivity contribution in [1.82, 2.24) is 5.43 Å². The highest BCUT2D eigenvalue weighted by Crippen LogP contribution is 2.30. The number of halogens is 2. The molecule has 0 radical (unpaired) electrons. The molecule has 2 aromatic rings. The summed E-state index contributed by atoms with van der Waals surface area (Å²) in [5.41, 5.74) is 7.79. The highest BCUT2D eigenvalue weighted by atomic mass is 35.5. The Morgan fingerprint density at radius 1 is 1.19 bits per heavy atom. The zero-order valence-corrected chi connectivity index (χ0v) is 15.2. The number of amides is 2. The van der Waals surface area contributed by atoms with E-state index in [1.165, 1.54) is 18.3 Å². The van der Waals surface area contributed by atoms with Gasteiger partial charge in [0, 0.05) is 5.02 Å². The van der Waals surface area contributed by atoms with E-state index >= 15 is 0 Å². The maximum atomic E-state index is 12.3. The molecule has 0 aliphatic rings. The fourth-order valence-corrected chi connectivity index (χ4v) is 2.42. The molecule has 0 bridgehead atoms. The minimum atomic E-state index is -0.781. The molecule has 7 nitrogen and oxygen atoms in total. The molecule has 0 aromatic heterocycles. The summed E-state index contributed by atoms with van der Waals surface area (Å²) in [6, 6.07) is 8.45. The number of primary amides is 1. The summed E-state index contributed by atoms with van der Waals surface area (Å²) in [7, 11) is 0. The number of esters is 1. The van der Waals surface area contributed by atoms with Crippen LogP contribution < -0.4 is 20.6 Å². The minimum absolute atomic E-state index is 0.176. The number of hydrogen-bond donors (Lipinski definition) is 2. The SMILES string of the molecule is CCOc1cc(/C=N\NC(N)=O)ccc1OC(=O)c1ccc(Cl)cc1Cl. The van der Waals surface area contributed by atoms with Gasteiger partial charge in [-0.1, -0.05) is 23.2 Å². The lowest BCUT2D eigenvalue weighted by Gasteiger charge is -2.12. The van der Waals surface area contributed by atoms with Gasteiger partial charge in [-0.15, -0.1) is 0 Å². The molecule has 0 atom stereocenters. The Morgan fingerprint density at radius 3 is 2.62 bits per heavy atom. The molecule has 0 spiro atoms. The third-order valence-corrected chi connectivity index (χ3v) is 3.56. The van der Waals surface area contributed by atoms with E-state index in [-0.39, 0.29) is 16.3 Å². The lowest BCUT2D eigenvalue weighted by Crippen LogP contribution is -2.24. The normalized spacial score (nSPS) is 10.6. The van der Waals surface area contributed by atoms with Gasteiger partial charge in [0.2, 0.25) is 0 Å². The van der Waals surface area contributed by atoms with Crippen molar-refractivity contribution < 1.29 is 19.1 Å². The zero-order chi connectivity index (χ0) is 19.1. The third kappa shape index (κ3) is 5.37. The molecule has 2 aromatic carbocycles. The molecular weight excluding hydrogens is 381 g/mol. The van der Waals surface area contributed by atoms with Crippen LogP contribution in [0.25, 0.3) is 0 Å². The number of urea groups is 1. The molecule has 0 aliphatic carbocycles. The van der Waals surface area contributed by atoms with E-state index in [9.17, 15) is 9.59 Å². The first-order chi connectivity index (χ1) is 12.4. The molecule has 2 amide bonds. The van der Waals surface area contributed by atoms with Gasteiger partial charge >= 0.3 is 12.0 Å². The van der Waals surface area contributed by atoms with Gasteiger partial charge < -0.3 is 15.2 Å². The van der Waals surface area contributed by atoms with E-state index in [0.29, 0.717) is 22.9 Å². The standard InChI is InChI=1S/C17H15Cl2N3O4/c1-2-25-15-7-10(9-21-22-17(20)24)3-6-14(15)26-16(23)12-5-4-11(18)8-13(12)19/h3-9H,2H2,1H3,(H3,20,22,24)/b21-9-. The Balaban J connectivity index is 2.23. The van der Waals surface area contributed by atoms with E-state index in [2.05, 4.69) is 10.5 Å². The largest absolute Gasteiger partial charge is 0.490 e. The second kappa shape index (κ2) is 9.07. The second-order valence-corrected chi connectivity index (χ2v) is 5.73. The van der Waals surface area contributed by atoms with Crippen molar-refractivity contribution in [2.75, 3.05) is 6.61 Å². The number of hydrazone groups is 1. The summed E-state index contributed by atoms with van der Waals surface area (Å²) < 4.78 is 10.9. The van der Waals surface area contributed by atoms with E-state index in [1.807, 2.05) is 0 Å². The molecule has 0 saturated carbocycles. The van der Waals surface area contributed by atoms with Gasteiger partial charge in [0.15, 0.2) is 11.5 Å². The number of nitrogens with two attached hydrogens (primary N) is 1. The maximum absolute atomic E-state index is 12.3. The van der Waals surface area contributed by atoms with Crippen molar-refractivity contribution in [3.8, 4) is 11.5 Å². The highest BCUT2D eigenvalue weighted by Gasteiger charge is 2.16. The van der Waals surface area contributed by atoms with Crippen LogP contribution in [-0.2, 0) is 0 Å². The van der Waals surface area contributed by atoms with E-state index in [0.717, 1.165) is 0 Å². The number of rotatable bonds is 6. The molecular formula is C17H15Cl2N3O4. The number of nitrogens with one attached hydrogen (secondary N) is 1. The van der Waals surface area contributed by atoms with Crippen LogP contribution in [0.1, 0.15) is 22.8 Å². The molecule has 0 fully saturated rings. The van der Waals surface area contributed by atoms with Crippen LogP contribution in [0.5, 0.6) is 11.5 Å². The fraction of sp³-hybridized carbons (Fsp3) is 0.118. The van der Waals surface area contributed by atoms with E-state index in [4.69, 9.17) is 38.4 Å². The first-order valence-corrected chi connectivity index (χ1v) is 8.19. The molecule has 0 aliphatic heterocycles. The Labute approximate surface area is 159 Å². The molecule has 3 N–H and O–H groups in total. The van der Waals surface area contributed by atoms with Crippen molar-refractivity contribution >= 4 is 41.4 Å². The van der Waals surface area contributed by atoms with Crippen LogP contribution in [0.4, 0.5) is 4.79 Å². The van der Waals surface area contributed by atoms with Crippen LogP contribution in [0, 0.1) is 0 Å². The average Bonchev–Trinajstić information content (AvgIpc) is 2.57. The molecule has 2 rings (SSSR count). The van der Waals surface area contributed by atoms with E-state index < -0.39 is 12.0 Å². The summed E-state index contributed by atoms with van der Waals surface area (Å²) in [5, 5.41) is 4.25. The van der Waals surface area contributed by atoms with E-state index in [1.54, 1.807) is 31.2 Å². The predicted molar refractivity (Wildman–Crippen MR) is 99.3 cm³/mol. The minimum Gasteiger partial charge on any atom is -0.490 e. The van der Waals surface area contributed by atoms with Crippen molar-refractivity contribution in [2.45, 2.75) is 6.92 Å². The Kier molecular flexibility index (Phi) is 6.82. The Bertz CT molecular complexity index is 856. The van der Waals surface area contributed by atoms with Gasteiger partial charge in [0.25, 0.3) is 0 Å². The smallest absolute Gasteiger partial charge is 0.345 e. The number of carbonyl (C=O) groups is 2. The fourth-order valence-electron chi connectivity index (χ4n) is 1.94. The van der Waals surface area contributed by atoms with Gasteiger partial charge in [0.05, 0.1) is 23.4 Å². The first kappa shape index (κ1) is 19.6. The van der Waals surface area contributed by atoms with Crippen molar-refractivity contribution in [3.63, 3.8) is 0 Å². The summed E-state index contributed by atoms with van der Waals surface area (Å²) in [5.74, 6) is -0.110.